The fraction of sp³-hybridized carbons (Fsp3) is 0.636. The number of benzene rings is 1. The first kappa shape index (κ1) is 22.3. The Labute approximate surface area is 173 Å². The molecule has 0 aliphatic heterocycles. The quantitative estimate of drug-likeness (QED) is 0.603. The van der Waals surface area contributed by atoms with Crippen molar-refractivity contribution in [1.29, 1.82) is 0 Å². The zero-order valence-electron chi connectivity index (χ0n) is 18.0. The maximum atomic E-state index is 14.0. The van der Waals surface area contributed by atoms with Crippen molar-refractivity contribution in [3.63, 3.8) is 0 Å². The van der Waals surface area contributed by atoms with Crippen molar-refractivity contribution in [3.05, 3.63) is 35.5 Å². The van der Waals surface area contributed by atoms with Gasteiger partial charge in [-0.3, -0.25) is 0 Å². The van der Waals surface area contributed by atoms with E-state index in [1.54, 1.807) is 33.0 Å². The van der Waals surface area contributed by atoms with Gasteiger partial charge in [0.05, 0.1) is 15.7 Å². The topological polar surface area (TPSA) is 34.0 Å². The molecule has 7 heteroatoms. The van der Waals surface area contributed by atoms with E-state index in [-0.39, 0.29) is 11.0 Å². The third-order valence-corrected chi connectivity index (χ3v) is 6.61. The third-order valence-electron chi connectivity index (χ3n) is 5.05. The van der Waals surface area contributed by atoms with E-state index in [1.807, 2.05) is 16.7 Å². The molecule has 0 radical (unpaired) electrons. The highest BCUT2D eigenvalue weighted by atomic mass is 32.2. The van der Waals surface area contributed by atoms with Gasteiger partial charge in [0.15, 0.2) is 0 Å². The summed E-state index contributed by atoms with van der Waals surface area (Å²) < 4.78 is 58.1. The Morgan fingerprint density at radius 2 is 1.76 bits per heavy atom. The van der Waals surface area contributed by atoms with Gasteiger partial charge in [0.1, 0.15) is 6.04 Å². The summed E-state index contributed by atoms with van der Waals surface area (Å²) in [4.78, 5) is 0. The molecule has 2 aromatic rings. The number of alkyl halides is 3. The minimum Gasteiger partial charge on any atom is -0.347 e. The van der Waals surface area contributed by atoms with Gasteiger partial charge in [0.2, 0.25) is 0 Å². The standard InChI is InChI=1S/C22H31F3N2OS/c1-20(2,3)13-27-12-17(16-10-9-15(11-18(16)27)14-7-8-14)19(22(23,24)25)26-29(28)21(4,5)6/h9-12,14,19,26H,7-8,13H2,1-6H3/t19-,29-/m0/s1. The highest BCUT2D eigenvalue weighted by Crippen LogP contribution is 2.43. The fourth-order valence-electron chi connectivity index (χ4n) is 3.47. The molecule has 0 saturated heterocycles. The number of nitrogens with one attached hydrogen (secondary N) is 1. The number of fused-ring (bicyclic) bond motifs is 1. The summed E-state index contributed by atoms with van der Waals surface area (Å²) >= 11 is 0. The van der Waals surface area contributed by atoms with Crippen LogP contribution < -0.4 is 4.72 Å². The molecule has 162 valence electrons. The van der Waals surface area contributed by atoms with Gasteiger partial charge in [-0.1, -0.05) is 32.9 Å². The van der Waals surface area contributed by atoms with E-state index in [4.69, 9.17) is 0 Å². The van der Waals surface area contributed by atoms with E-state index in [1.165, 1.54) is 5.56 Å². The predicted octanol–water partition coefficient (Wildman–Crippen LogP) is 6.22. The average Bonchev–Trinajstić information content (AvgIpc) is 3.33. The monoisotopic (exact) mass is 428 g/mol. The van der Waals surface area contributed by atoms with Gasteiger partial charge in [0, 0.05) is 29.2 Å². The molecule has 1 N–H and O–H groups in total. The highest BCUT2D eigenvalue weighted by molar-refractivity contribution is 7.84. The largest absolute Gasteiger partial charge is 0.408 e. The second kappa shape index (κ2) is 7.41. The number of hydrogen-bond acceptors (Lipinski definition) is 1. The van der Waals surface area contributed by atoms with Gasteiger partial charge in [-0.15, -0.1) is 0 Å². The minimum atomic E-state index is -4.56. The first-order chi connectivity index (χ1) is 13.2. The van der Waals surface area contributed by atoms with Crippen molar-refractivity contribution >= 4 is 21.9 Å². The van der Waals surface area contributed by atoms with Crippen molar-refractivity contribution < 1.29 is 17.4 Å². The number of rotatable bonds is 5. The molecule has 1 aromatic carbocycles. The lowest BCUT2D eigenvalue weighted by molar-refractivity contribution is -0.152. The molecule has 1 heterocycles. The van der Waals surface area contributed by atoms with Crippen LogP contribution in [0.5, 0.6) is 0 Å². The van der Waals surface area contributed by atoms with Crippen LogP contribution in [0.1, 0.15) is 77.5 Å². The van der Waals surface area contributed by atoms with Crippen LogP contribution in [0.2, 0.25) is 0 Å². The number of nitrogens with zero attached hydrogens (tertiary/aromatic N) is 1. The van der Waals surface area contributed by atoms with Crippen LogP contribution in [0.3, 0.4) is 0 Å². The molecule has 1 saturated carbocycles. The summed E-state index contributed by atoms with van der Waals surface area (Å²) in [7, 11) is -1.85. The van der Waals surface area contributed by atoms with Crippen LogP contribution >= 0.6 is 0 Å². The fourth-order valence-corrected chi connectivity index (χ4v) is 4.30. The van der Waals surface area contributed by atoms with Crippen LogP contribution in [-0.2, 0) is 17.5 Å². The van der Waals surface area contributed by atoms with E-state index >= 15 is 0 Å². The van der Waals surface area contributed by atoms with Crippen LogP contribution in [0.4, 0.5) is 13.2 Å². The molecule has 0 spiro atoms. The molecular formula is C22H31F3N2OS. The lowest BCUT2D eigenvalue weighted by atomic mass is 9.97. The Kier molecular flexibility index (Phi) is 5.71. The van der Waals surface area contributed by atoms with Gasteiger partial charge in [-0.2, -0.15) is 13.2 Å². The van der Waals surface area contributed by atoms with Crippen LogP contribution in [0.25, 0.3) is 10.9 Å². The van der Waals surface area contributed by atoms with Gasteiger partial charge >= 0.3 is 6.18 Å². The first-order valence-electron chi connectivity index (χ1n) is 10.0. The molecule has 29 heavy (non-hydrogen) atoms. The Morgan fingerprint density at radius 1 is 1.14 bits per heavy atom. The maximum absolute atomic E-state index is 14.0. The molecule has 1 aliphatic rings. The van der Waals surface area contributed by atoms with E-state index in [9.17, 15) is 17.4 Å². The van der Waals surface area contributed by atoms with E-state index in [2.05, 4.69) is 25.5 Å². The SMILES string of the molecule is CC(C)(C)Cn1cc([C@H](N[S@@](=O)C(C)(C)C)C(F)(F)F)c2ccc(C3CC3)cc21. The smallest absolute Gasteiger partial charge is 0.347 e. The van der Waals surface area contributed by atoms with Crippen LogP contribution in [0.15, 0.2) is 24.4 Å². The lowest BCUT2D eigenvalue weighted by Crippen LogP contribution is -2.41. The summed E-state index contributed by atoms with van der Waals surface area (Å²) in [5.41, 5.74) is 2.05. The minimum absolute atomic E-state index is 0.0891. The Bertz CT molecular complexity index is 915. The molecule has 2 atom stereocenters. The molecular weight excluding hydrogens is 397 g/mol. The molecule has 0 amide bonds. The average molecular weight is 429 g/mol. The van der Waals surface area contributed by atoms with Crippen molar-refractivity contribution in [1.82, 2.24) is 9.29 Å². The summed E-state index contributed by atoms with van der Waals surface area (Å²) in [6, 6.07) is 3.80. The van der Waals surface area contributed by atoms with Crippen molar-refractivity contribution in [3.8, 4) is 0 Å². The molecule has 3 rings (SSSR count). The molecule has 1 aliphatic carbocycles. The Morgan fingerprint density at radius 3 is 2.24 bits per heavy atom. The van der Waals surface area contributed by atoms with Crippen LogP contribution in [0, 0.1) is 5.41 Å². The molecule has 0 unspecified atom stereocenters. The van der Waals surface area contributed by atoms with Gasteiger partial charge in [-0.05, 0) is 56.6 Å². The maximum Gasteiger partial charge on any atom is 0.408 e. The zero-order chi connectivity index (χ0) is 21.8. The lowest BCUT2D eigenvalue weighted by Gasteiger charge is -2.26. The summed E-state index contributed by atoms with van der Waals surface area (Å²) in [5, 5.41) is 0.569. The predicted molar refractivity (Wildman–Crippen MR) is 113 cm³/mol. The number of halogens is 3. The highest BCUT2D eigenvalue weighted by Gasteiger charge is 2.44. The van der Waals surface area contributed by atoms with Gasteiger partial charge < -0.3 is 4.57 Å². The molecule has 1 fully saturated rings. The van der Waals surface area contributed by atoms with Crippen molar-refractivity contribution in [2.24, 2.45) is 5.41 Å². The van der Waals surface area contributed by atoms with E-state index < -0.39 is 28.0 Å². The summed E-state index contributed by atoms with van der Waals surface area (Å²) in [6.45, 7) is 11.8. The first-order valence-corrected chi connectivity index (χ1v) is 11.2. The molecule has 1 aromatic heterocycles. The Balaban J connectivity index is 2.13. The van der Waals surface area contributed by atoms with Crippen molar-refractivity contribution in [2.45, 2.75) is 83.8 Å². The van der Waals surface area contributed by atoms with E-state index in [0.717, 1.165) is 18.4 Å². The normalized spacial score (nSPS) is 18.2. The Hall–Kier alpha value is -1.34. The number of hydrogen-bond donors (Lipinski definition) is 1. The third kappa shape index (κ3) is 5.23. The zero-order valence-corrected chi connectivity index (χ0v) is 18.8. The van der Waals surface area contributed by atoms with Crippen molar-refractivity contribution in [2.75, 3.05) is 0 Å². The second-order valence-electron chi connectivity index (χ2n) is 10.3. The van der Waals surface area contributed by atoms with Crippen LogP contribution in [-0.4, -0.2) is 19.7 Å². The van der Waals surface area contributed by atoms with Gasteiger partial charge in [0.25, 0.3) is 0 Å². The summed E-state index contributed by atoms with van der Waals surface area (Å²) in [6.07, 6.45) is -0.695. The van der Waals surface area contributed by atoms with E-state index in [0.29, 0.717) is 17.8 Å². The second-order valence-corrected chi connectivity index (χ2v) is 12.3. The molecule has 3 nitrogen and oxygen atoms in total. The van der Waals surface area contributed by atoms with Gasteiger partial charge in [-0.25, -0.2) is 8.93 Å². The number of aromatic nitrogens is 1. The summed E-state index contributed by atoms with van der Waals surface area (Å²) in [5.74, 6) is 0.519. The molecule has 0 bridgehead atoms.